The Morgan fingerprint density at radius 3 is 1.36 bits per heavy atom. The number of carboxylic acid groups (broad SMARTS) is 1. The molecule has 2 saturated heterocycles. The van der Waals surface area contributed by atoms with Gasteiger partial charge in [0, 0.05) is 32.4 Å². The third-order valence-corrected chi connectivity index (χ3v) is 11.6. The molecule has 2 fully saturated rings. The number of hydrogen-bond acceptors (Lipinski definition) is 14. The molecule has 0 radical (unpaired) electrons. The number of alkyl halides is 6. The average molecular weight is 1240 g/mol. The van der Waals surface area contributed by atoms with E-state index in [9.17, 15) is 43.2 Å². The quantitative estimate of drug-likeness (QED) is 0.0316. The first-order valence-corrected chi connectivity index (χ1v) is 27.7. The Morgan fingerprint density at radius 1 is 0.625 bits per heavy atom. The first-order chi connectivity index (χ1) is 37.4. The molecule has 4 rings (SSSR count). The number of esters is 2. The predicted molar refractivity (Wildman–Crippen MR) is 305 cm³/mol. The predicted octanol–water partition coefficient (Wildman–Crippen LogP) is 6.67. The van der Waals surface area contributed by atoms with Gasteiger partial charge in [-0.2, -0.15) is 0 Å². The molecule has 444 valence electrons. The van der Waals surface area contributed by atoms with E-state index in [4.69, 9.17) is 88.9 Å². The lowest BCUT2D eigenvalue weighted by Crippen LogP contribution is -2.60. The number of nitrogens with zero attached hydrogens (tertiary/aromatic N) is 2. The van der Waals surface area contributed by atoms with Crippen LogP contribution in [0.5, 0.6) is 0 Å². The first kappa shape index (κ1) is 70.7. The minimum absolute atomic E-state index is 0.135. The molecule has 2 aromatic carbocycles. The van der Waals surface area contributed by atoms with Crippen LogP contribution in [0.4, 0.5) is 4.79 Å². The molecule has 6 atom stereocenters. The maximum Gasteiger partial charge on any atom is 0.408 e. The van der Waals surface area contributed by atoms with Crippen molar-refractivity contribution in [2.24, 2.45) is 0 Å². The Kier molecular flexibility index (Phi) is 31.3. The maximum atomic E-state index is 13.1. The number of rotatable bonds is 20. The van der Waals surface area contributed by atoms with Crippen molar-refractivity contribution in [1.29, 1.82) is 0 Å². The molecule has 0 unspecified atom stereocenters. The zero-order chi connectivity index (χ0) is 60.2. The minimum atomic E-state index is -1.75. The third-order valence-electron chi connectivity index (χ3n) is 11.0. The van der Waals surface area contributed by atoms with Gasteiger partial charge in [-0.1, -0.05) is 155 Å². The lowest BCUT2D eigenvalue weighted by molar-refractivity contribution is -0.154. The summed E-state index contributed by atoms with van der Waals surface area (Å²) in [6, 6.07) is 13.0. The molecule has 2 aromatic rings. The van der Waals surface area contributed by atoms with Crippen molar-refractivity contribution in [2.75, 3.05) is 26.3 Å². The minimum Gasteiger partial charge on any atom is -0.481 e. The highest BCUT2D eigenvalue weighted by Crippen LogP contribution is 2.27. The van der Waals surface area contributed by atoms with Crippen LogP contribution in [0, 0.1) is 0 Å². The number of amides is 6. The van der Waals surface area contributed by atoms with Crippen molar-refractivity contribution >= 4 is 123 Å². The molecule has 2 heterocycles. The molecule has 21 nitrogen and oxygen atoms in total. The summed E-state index contributed by atoms with van der Waals surface area (Å²) in [5, 5.41) is 21.2. The summed E-state index contributed by atoms with van der Waals surface area (Å²) in [6.07, 6.45) is 8.62. The van der Waals surface area contributed by atoms with Gasteiger partial charge in [-0.05, 0) is 85.3 Å². The van der Waals surface area contributed by atoms with Crippen LogP contribution >= 0.6 is 69.6 Å². The molecule has 80 heavy (non-hydrogen) atoms. The molecule has 0 saturated carbocycles. The Labute approximate surface area is 496 Å². The van der Waals surface area contributed by atoms with Gasteiger partial charge in [0.25, 0.3) is 11.8 Å². The van der Waals surface area contributed by atoms with E-state index < -0.39 is 110 Å². The van der Waals surface area contributed by atoms with Crippen LogP contribution in [0.1, 0.15) is 98.1 Å². The smallest absolute Gasteiger partial charge is 0.408 e. The van der Waals surface area contributed by atoms with Gasteiger partial charge in [0.2, 0.25) is 25.3 Å². The van der Waals surface area contributed by atoms with Crippen molar-refractivity contribution in [3.8, 4) is 0 Å². The second kappa shape index (κ2) is 35.5. The number of halogens is 6. The molecular weight excluding hydrogens is 1170 g/mol. The highest BCUT2D eigenvalue weighted by Gasteiger charge is 2.36. The number of nitrogens with one attached hydrogen (secondary N) is 6. The number of hydrogen-bond donors (Lipinski definition) is 7. The summed E-state index contributed by atoms with van der Waals surface area (Å²) in [5.41, 5.74) is 6.55. The Morgan fingerprint density at radius 2 is 1.01 bits per heavy atom. The fourth-order valence-electron chi connectivity index (χ4n) is 7.22. The second-order valence-corrected chi connectivity index (χ2v) is 24.2. The number of allylic oxidation sites excluding steroid dienone is 2. The molecule has 0 aromatic heterocycles. The zero-order valence-corrected chi connectivity index (χ0v) is 50.1. The van der Waals surface area contributed by atoms with Gasteiger partial charge in [0.05, 0.1) is 6.42 Å². The van der Waals surface area contributed by atoms with Crippen LogP contribution in [-0.4, -0.2) is 144 Å². The second-order valence-electron chi connectivity index (χ2n) is 19.2. The summed E-state index contributed by atoms with van der Waals surface area (Å²) in [6.45, 7) is 11.6. The van der Waals surface area contributed by atoms with Gasteiger partial charge in [0.1, 0.15) is 55.1 Å². The lowest BCUT2D eigenvalue weighted by Gasteiger charge is -2.34. The van der Waals surface area contributed by atoms with E-state index in [-0.39, 0.29) is 31.6 Å². The Bertz CT molecular complexity index is 2410. The molecule has 0 bridgehead atoms. The number of carboxylic acids is 1. The first-order valence-electron chi connectivity index (χ1n) is 25.4. The van der Waals surface area contributed by atoms with Gasteiger partial charge in [-0.15, -0.1) is 0 Å². The van der Waals surface area contributed by atoms with Crippen molar-refractivity contribution in [2.45, 2.75) is 149 Å². The van der Waals surface area contributed by atoms with Crippen LogP contribution in [0.15, 0.2) is 85.0 Å². The van der Waals surface area contributed by atoms with E-state index in [0.717, 1.165) is 11.1 Å². The standard InChI is InChI=1S/C24H33Cl3N4O6.C24H31Cl3N4O5.C5H8O2/c1-15(20(33)31-12-8-11-17(30-31)21(34)36-14-24(25,26)27)28-19(32)18(13-16-9-6-5-7-10-16)29-22(35)37-23(2,3)4;1-3-4-12-20(32)29-19(14-17-9-6-5-7-10-17)21(33)28-16(2)22(34)31-13-8-11-18(30-31)23(35)36-15-24(25,26)27;1-2-3-4-5(6)7/h5-7,9-10,15,17-18,30H,8,11-14H2,1-4H3,(H,28,32)(H,29,35);3-7,9-10,16,18-19,30H,8,11-15H2,1-2H3,(H,28,33)(H,29,32);2-3H,4H2,1H3,(H,6,7)/b;4-3+;3-2+/t15-,17-,18-;16-,18-,19-;/m00./s1. The number of hydrazine groups is 2. The number of aliphatic carboxylic acids is 1. The molecule has 7 N–H and O–H groups in total. The SMILES string of the molecule is C/C=C/CC(=O)N[C@@H](Cc1ccccc1)C(=O)N[C@@H](C)C(=O)N1CCC[C@@H](C(=O)OCC(Cl)(Cl)Cl)N1.C/C=C/CC(=O)O.C[C@H](NC(=O)[C@H](Cc1ccccc1)NC(=O)OC(C)(C)C)C(=O)N1CCC[C@@H](C(=O)OCC(Cl)(Cl)Cl)N1. The van der Waals surface area contributed by atoms with Crippen molar-refractivity contribution in [3.05, 3.63) is 96.1 Å². The van der Waals surface area contributed by atoms with Crippen LogP contribution in [0.3, 0.4) is 0 Å². The number of benzene rings is 2. The van der Waals surface area contributed by atoms with Crippen LogP contribution in [0.2, 0.25) is 0 Å². The summed E-state index contributed by atoms with van der Waals surface area (Å²) in [4.78, 5) is 111. The maximum absolute atomic E-state index is 13.1. The summed E-state index contributed by atoms with van der Waals surface area (Å²) in [7, 11) is 0. The molecule has 6 amide bonds. The number of carbonyl (C=O) groups excluding carboxylic acids is 8. The normalized spacial score (nSPS) is 17.1. The topological polar surface area (TPSA) is 280 Å². The third kappa shape index (κ3) is 29.9. The Balaban J connectivity index is 0.000000488. The van der Waals surface area contributed by atoms with Crippen LogP contribution in [0.25, 0.3) is 0 Å². The van der Waals surface area contributed by atoms with Crippen LogP contribution < -0.4 is 32.1 Å². The highest BCUT2D eigenvalue weighted by atomic mass is 35.6. The molecule has 0 aliphatic carbocycles. The Hall–Kier alpha value is -5.39. The summed E-state index contributed by atoms with van der Waals surface area (Å²) in [5.74, 6) is -4.37. The number of alkyl carbamates (subject to hydrolysis) is 1. The fraction of sp³-hybridized carbons (Fsp3) is 0.528. The van der Waals surface area contributed by atoms with E-state index in [1.807, 2.05) is 60.7 Å². The summed E-state index contributed by atoms with van der Waals surface area (Å²) < 4.78 is 11.8. The lowest BCUT2D eigenvalue weighted by atomic mass is 10.0. The zero-order valence-electron chi connectivity index (χ0n) is 45.5. The molecular formula is C53H72Cl6N8O13. The van der Waals surface area contributed by atoms with E-state index in [1.165, 1.54) is 23.9 Å². The fourth-order valence-corrected chi connectivity index (χ4v) is 7.55. The monoisotopic (exact) mass is 1240 g/mol. The van der Waals surface area contributed by atoms with Crippen LogP contribution in [-0.2, 0) is 65.4 Å². The molecule has 2 aliphatic rings. The average Bonchev–Trinajstić information content (AvgIpc) is 3.40. The molecule has 2 aliphatic heterocycles. The number of ether oxygens (including phenoxy) is 3. The van der Waals surface area contributed by atoms with Crippen molar-refractivity contribution in [1.82, 2.24) is 42.1 Å². The van der Waals surface area contributed by atoms with Crippen molar-refractivity contribution < 1.29 is 62.5 Å². The molecule has 27 heteroatoms. The molecule has 0 spiro atoms. The van der Waals surface area contributed by atoms with Crippen molar-refractivity contribution in [3.63, 3.8) is 0 Å². The number of carbonyl (C=O) groups is 9. The van der Waals surface area contributed by atoms with E-state index in [2.05, 4.69) is 32.1 Å². The van der Waals surface area contributed by atoms with Gasteiger partial charge in [-0.3, -0.25) is 48.4 Å². The van der Waals surface area contributed by atoms with Gasteiger partial charge in [-0.25, -0.2) is 15.6 Å². The van der Waals surface area contributed by atoms with Gasteiger partial charge < -0.3 is 40.6 Å². The largest absolute Gasteiger partial charge is 0.481 e. The van der Waals surface area contributed by atoms with Gasteiger partial charge in [0.15, 0.2) is 0 Å². The van der Waals surface area contributed by atoms with Gasteiger partial charge >= 0.3 is 24.0 Å². The van der Waals surface area contributed by atoms with E-state index >= 15 is 0 Å². The van der Waals surface area contributed by atoms with E-state index in [1.54, 1.807) is 58.9 Å². The highest BCUT2D eigenvalue weighted by molar-refractivity contribution is 6.68. The summed E-state index contributed by atoms with van der Waals surface area (Å²) >= 11 is 33.7. The van der Waals surface area contributed by atoms with E-state index in [0.29, 0.717) is 38.8 Å².